The Bertz CT molecular complexity index is 358. The van der Waals surface area contributed by atoms with Gasteiger partial charge in [-0.15, -0.1) is 11.3 Å². The summed E-state index contributed by atoms with van der Waals surface area (Å²) in [6.07, 6.45) is 2.51. The Balaban J connectivity index is 2.09. The molecule has 0 aromatic carbocycles. The van der Waals surface area contributed by atoms with Crippen LogP contribution in [0, 0.1) is 10.8 Å². The highest BCUT2D eigenvalue weighted by molar-refractivity contribution is 7.09. The molecule has 0 amide bonds. The summed E-state index contributed by atoms with van der Waals surface area (Å²) >= 11 is 1.79. The highest BCUT2D eigenvalue weighted by atomic mass is 32.1. The Morgan fingerprint density at radius 3 is 2.62 bits per heavy atom. The molecule has 1 aliphatic rings. The van der Waals surface area contributed by atoms with E-state index >= 15 is 0 Å². The molecule has 1 aromatic heterocycles. The summed E-state index contributed by atoms with van der Waals surface area (Å²) in [6.45, 7) is 7.29. The van der Waals surface area contributed by atoms with Crippen LogP contribution in [0.3, 0.4) is 0 Å². The number of thiophene rings is 1. The lowest BCUT2D eigenvalue weighted by Crippen LogP contribution is -2.39. The first-order valence-electron chi connectivity index (χ1n) is 5.86. The number of hydrogen-bond donors (Lipinski definition) is 1. The van der Waals surface area contributed by atoms with E-state index in [1.54, 1.807) is 11.3 Å². The summed E-state index contributed by atoms with van der Waals surface area (Å²) < 4.78 is 0. The van der Waals surface area contributed by atoms with E-state index in [2.05, 4.69) is 43.2 Å². The van der Waals surface area contributed by atoms with Crippen molar-refractivity contribution in [3.05, 3.63) is 22.4 Å². The Kier molecular flexibility index (Phi) is 3.06. The summed E-state index contributed by atoms with van der Waals surface area (Å²) in [5.74, 6) is 0.781. The average Bonchev–Trinajstić information content (AvgIpc) is 2.90. The van der Waals surface area contributed by atoms with E-state index in [-0.39, 0.29) is 5.41 Å². The molecule has 1 N–H and O–H groups in total. The number of amidine groups is 1. The predicted molar refractivity (Wildman–Crippen MR) is 70.1 cm³/mol. The van der Waals surface area contributed by atoms with Gasteiger partial charge in [-0.1, -0.05) is 26.8 Å². The van der Waals surface area contributed by atoms with Gasteiger partial charge in [0, 0.05) is 16.3 Å². The summed E-state index contributed by atoms with van der Waals surface area (Å²) in [5.41, 5.74) is -0.0418. The van der Waals surface area contributed by atoms with E-state index in [4.69, 9.17) is 5.41 Å². The molecule has 88 valence electrons. The molecule has 16 heavy (non-hydrogen) atoms. The zero-order chi connectivity index (χ0) is 11.8. The number of nitrogens with one attached hydrogen (secondary N) is 1. The third-order valence-electron chi connectivity index (χ3n) is 2.89. The molecule has 3 heteroatoms. The first-order valence-corrected chi connectivity index (χ1v) is 6.74. The van der Waals surface area contributed by atoms with E-state index in [0.717, 1.165) is 12.4 Å². The van der Waals surface area contributed by atoms with Crippen LogP contribution in [0.5, 0.6) is 0 Å². The van der Waals surface area contributed by atoms with Gasteiger partial charge >= 0.3 is 0 Å². The van der Waals surface area contributed by atoms with Crippen LogP contribution >= 0.6 is 11.3 Å². The molecule has 0 unspecified atom stereocenters. The van der Waals surface area contributed by atoms with Gasteiger partial charge in [-0.3, -0.25) is 5.41 Å². The molecule has 2 rings (SSSR count). The van der Waals surface area contributed by atoms with E-state index in [0.29, 0.717) is 6.04 Å². The van der Waals surface area contributed by atoms with Crippen molar-refractivity contribution in [1.82, 2.24) is 4.90 Å². The fourth-order valence-corrected chi connectivity index (χ4v) is 2.48. The van der Waals surface area contributed by atoms with Crippen LogP contribution in [-0.4, -0.2) is 16.8 Å². The second kappa shape index (κ2) is 4.21. The van der Waals surface area contributed by atoms with Crippen molar-refractivity contribution in [1.29, 1.82) is 5.41 Å². The van der Waals surface area contributed by atoms with Crippen LogP contribution in [0.1, 0.15) is 38.5 Å². The zero-order valence-corrected chi connectivity index (χ0v) is 11.1. The lowest BCUT2D eigenvalue weighted by Gasteiger charge is -2.32. The number of rotatable bonds is 3. The second-order valence-electron chi connectivity index (χ2n) is 5.54. The van der Waals surface area contributed by atoms with Gasteiger partial charge in [0.2, 0.25) is 0 Å². The van der Waals surface area contributed by atoms with Crippen molar-refractivity contribution in [3.63, 3.8) is 0 Å². The second-order valence-corrected chi connectivity index (χ2v) is 6.57. The van der Waals surface area contributed by atoms with Crippen LogP contribution < -0.4 is 0 Å². The molecular weight excluding hydrogens is 216 g/mol. The minimum absolute atomic E-state index is 0.0418. The molecule has 1 saturated carbocycles. The molecule has 0 aliphatic heterocycles. The first kappa shape index (κ1) is 11.6. The van der Waals surface area contributed by atoms with Crippen molar-refractivity contribution in [2.45, 2.75) is 46.2 Å². The maximum Gasteiger partial charge on any atom is 0.102 e. The standard InChI is InChI=1S/C13H20N2S/c1-13(2,3)12(14)15(10-6-7-10)9-11-5-4-8-16-11/h4-5,8,10,14H,6-7,9H2,1-3H3. The number of hydrogen-bond acceptors (Lipinski definition) is 2. The molecule has 0 radical (unpaired) electrons. The maximum absolute atomic E-state index is 8.30. The van der Waals surface area contributed by atoms with E-state index in [1.165, 1.54) is 17.7 Å². The highest BCUT2D eigenvalue weighted by Gasteiger charge is 2.34. The smallest absolute Gasteiger partial charge is 0.102 e. The lowest BCUT2D eigenvalue weighted by atomic mass is 9.94. The largest absolute Gasteiger partial charge is 0.352 e. The topological polar surface area (TPSA) is 27.1 Å². The Labute approximate surface area is 102 Å². The fourth-order valence-electron chi connectivity index (χ4n) is 1.78. The van der Waals surface area contributed by atoms with E-state index in [9.17, 15) is 0 Å². The molecular formula is C13H20N2S. The zero-order valence-electron chi connectivity index (χ0n) is 10.3. The SMILES string of the molecule is CC(C)(C)C(=N)N(Cc1cccs1)C1CC1. The van der Waals surface area contributed by atoms with Crippen LogP contribution in [0.15, 0.2) is 17.5 Å². The summed E-state index contributed by atoms with van der Waals surface area (Å²) in [7, 11) is 0. The van der Waals surface area contributed by atoms with Crippen molar-refractivity contribution in [3.8, 4) is 0 Å². The van der Waals surface area contributed by atoms with Crippen molar-refractivity contribution >= 4 is 17.2 Å². The van der Waals surface area contributed by atoms with Gasteiger partial charge in [-0.25, -0.2) is 0 Å². The first-order chi connectivity index (χ1) is 7.48. The van der Waals surface area contributed by atoms with Gasteiger partial charge in [-0.05, 0) is 24.3 Å². The molecule has 1 aliphatic carbocycles. The molecule has 1 fully saturated rings. The normalized spacial score (nSPS) is 16.2. The van der Waals surface area contributed by atoms with Crippen molar-refractivity contribution in [2.24, 2.45) is 5.41 Å². The minimum Gasteiger partial charge on any atom is -0.352 e. The minimum atomic E-state index is -0.0418. The fraction of sp³-hybridized carbons (Fsp3) is 0.615. The van der Waals surface area contributed by atoms with Gasteiger partial charge < -0.3 is 4.90 Å². The van der Waals surface area contributed by atoms with Crippen molar-refractivity contribution in [2.75, 3.05) is 0 Å². The van der Waals surface area contributed by atoms with Crippen molar-refractivity contribution < 1.29 is 0 Å². The molecule has 0 atom stereocenters. The monoisotopic (exact) mass is 236 g/mol. The quantitative estimate of drug-likeness (QED) is 0.628. The van der Waals surface area contributed by atoms with Crippen LogP contribution in [0.2, 0.25) is 0 Å². The molecule has 0 bridgehead atoms. The van der Waals surface area contributed by atoms with E-state index < -0.39 is 0 Å². The predicted octanol–water partition coefficient (Wildman–Crippen LogP) is 3.74. The van der Waals surface area contributed by atoms with Crippen LogP contribution in [0.4, 0.5) is 0 Å². The lowest BCUT2D eigenvalue weighted by molar-refractivity contribution is 0.353. The Hall–Kier alpha value is -0.830. The molecule has 2 nitrogen and oxygen atoms in total. The molecule has 0 spiro atoms. The number of nitrogens with zero attached hydrogens (tertiary/aromatic N) is 1. The van der Waals surface area contributed by atoms with Gasteiger partial charge in [0.25, 0.3) is 0 Å². The maximum atomic E-state index is 8.30. The third kappa shape index (κ3) is 2.64. The Morgan fingerprint density at radius 1 is 1.50 bits per heavy atom. The summed E-state index contributed by atoms with van der Waals surface area (Å²) in [4.78, 5) is 3.65. The van der Waals surface area contributed by atoms with Gasteiger partial charge in [0.05, 0.1) is 6.54 Å². The highest BCUT2D eigenvalue weighted by Crippen LogP contribution is 2.33. The van der Waals surface area contributed by atoms with Gasteiger partial charge in [0.1, 0.15) is 5.84 Å². The third-order valence-corrected chi connectivity index (χ3v) is 3.75. The Morgan fingerprint density at radius 2 is 2.19 bits per heavy atom. The summed E-state index contributed by atoms with van der Waals surface area (Å²) in [6, 6.07) is 4.87. The summed E-state index contributed by atoms with van der Waals surface area (Å²) in [5, 5.41) is 10.4. The van der Waals surface area contributed by atoms with Gasteiger partial charge in [-0.2, -0.15) is 0 Å². The van der Waals surface area contributed by atoms with Crippen LogP contribution in [-0.2, 0) is 6.54 Å². The van der Waals surface area contributed by atoms with Crippen LogP contribution in [0.25, 0.3) is 0 Å². The molecule has 1 aromatic rings. The van der Waals surface area contributed by atoms with Gasteiger partial charge in [0.15, 0.2) is 0 Å². The molecule has 1 heterocycles. The average molecular weight is 236 g/mol. The molecule has 0 saturated heterocycles. The van der Waals surface area contributed by atoms with E-state index in [1.807, 2.05) is 0 Å².